The largest absolute Gasteiger partial charge is 0.507 e. The standard InChI is InChI=1S/C18H18F2N2O2/c1-21-7-8-22(15(11-21)12-5-3-2-4-6-12)18(24)17-14(20)9-13(19)10-16(17)23/h2-6,9-10,15,23H,7-8,11H2,1H3. The van der Waals surface area contributed by atoms with E-state index in [4.69, 9.17) is 0 Å². The number of likely N-dealkylation sites (N-methyl/N-ethyl adjacent to an activating group) is 1. The van der Waals surface area contributed by atoms with Crippen molar-refractivity contribution in [1.82, 2.24) is 9.80 Å². The van der Waals surface area contributed by atoms with Gasteiger partial charge in [0.2, 0.25) is 0 Å². The molecule has 2 aromatic rings. The summed E-state index contributed by atoms with van der Waals surface area (Å²) in [5, 5.41) is 9.84. The van der Waals surface area contributed by atoms with Gasteiger partial charge in [0.05, 0.1) is 6.04 Å². The van der Waals surface area contributed by atoms with E-state index in [2.05, 4.69) is 4.90 Å². The summed E-state index contributed by atoms with van der Waals surface area (Å²) in [7, 11) is 1.95. The second kappa shape index (κ2) is 6.57. The number of hydrogen-bond donors (Lipinski definition) is 1. The van der Waals surface area contributed by atoms with Gasteiger partial charge in [-0.25, -0.2) is 8.78 Å². The zero-order valence-electron chi connectivity index (χ0n) is 13.2. The molecule has 1 aliphatic heterocycles. The van der Waals surface area contributed by atoms with E-state index in [0.29, 0.717) is 25.7 Å². The SMILES string of the molecule is CN1CCN(C(=O)c2c(O)cc(F)cc2F)C(c2ccccc2)C1. The zero-order chi connectivity index (χ0) is 17.3. The van der Waals surface area contributed by atoms with Crippen LogP contribution >= 0.6 is 0 Å². The van der Waals surface area contributed by atoms with E-state index < -0.39 is 28.9 Å². The van der Waals surface area contributed by atoms with Gasteiger partial charge in [0.1, 0.15) is 22.9 Å². The highest BCUT2D eigenvalue weighted by molar-refractivity contribution is 5.97. The first-order valence-corrected chi connectivity index (χ1v) is 7.70. The molecule has 1 N–H and O–H groups in total. The van der Waals surface area contributed by atoms with Gasteiger partial charge in [0.25, 0.3) is 5.91 Å². The Morgan fingerprint density at radius 1 is 1.17 bits per heavy atom. The maximum absolute atomic E-state index is 14.1. The molecule has 24 heavy (non-hydrogen) atoms. The van der Waals surface area contributed by atoms with E-state index in [-0.39, 0.29) is 6.04 Å². The smallest absolute Gasteiger partial charge is 0.261 e. The molecule has 1 fully saturated rings. The van der Waals surface area contributed by atoms with E-state index >= 15 is 0 Å². The quantitative estimate of drug-likeness (QED) is 0.920. The number of benzene rings is 2. The van der Waals surface area contributed by atoms with Crippen molar-refractivity contribution in [1.29, 1.82) is 0 Å². The van der Waals surface area contributed by atoms with Crippen molar-refractivity contribution in [3.05, 3.63) is 65.2 Å². The Morgan fingerprint density at radius 2 is 1.88 bits per heavy atom. The molecule has 6 heteroatoms. The summed E-state index contributed by atoms with van der Waals surface area (Å²) in [6, 6.07) is 10.6. The van der Waals surface area contributed by atoms with Crippen LogP contribution in [-0.2, 0) is 0 Å². The van der Waals surface area contributed by atoms with Crippen LogP contribution in [-0.4, -0.2) is 47.5 Å². The summed E-state index contributed by atoms with van der Waals surface area (Å²) in [4.78, 5) is 16.4. The molecule has 0 aromatic heterocycles. The Labute approximate surface area is 138 Å². The first-order chi connectivity index (χ1) is 11.5. The fourth-order valence-electron chi connectivity index (χ4n) is 3.04. The zero-order valence-corrected chi connectivity index (χ0v) is 13.2. The lowest BCUT2D eigenvalue weighted by atomic mass is 10.0. The number of amides is 1. The van der Waals surface area contributed by atoms with Crippen LogP contribution < -0.4 is 0 Å². The molecule has 126 valence electrons. The van der Waals surface area contributed by atoms with Crippen molar-refractivity contribution in [2.45, 2.75) is 6.04 Å². The monoisotopic (exact) mass is 332 g/mol. The van der Waals surface area contributed by atoms with Gasteiger partial charge in [0, 0.05) is 31.8 Å². The molecule has 1 saturated heterocycles. The third kappa shape index (κ3) is 3.10. The van der Waals surface area contributed by atoms with E-state index in [1.54, 1.807) is 0 Å². The number of halogens is 2. The van der Waals surface area contributed by atoms with Crippen LogP contribution in [0, 0.1) is 11.6 Å². The summed E-state index contributed by atoms with van der Waals surface area (Å²) >= 11 is 0. The van der Waals surface area contributed by atoms with Gasteiger partial charge in [-0.3, -0.25) is 4.79 Å². The number of phenols is 1. The normalized spacial score (nSPS) is 18.6. The third-order valence-corrected chi connectivity index (χ3v) is 4.28. The van der Waals surface area contributed by atoms with Crippen molar-refractivity contribution in [3.63, 3.8) is 0 Å². The van der Waals surface area contributed by atoms with Crippen molar-refractivity contribution < 1.29 is 18.7 Å². The lowest BCUT2D eigenvalue weighted by Gasteiger charge is -2.40. The number of aromatic hydroxyl groups is 1. The Kier molecular flexibility index (Phi) is 4.49. The van der Waals surface area contributed by atoms with Crippen molar-refractivity contribution >= 4 is 5.91 Å². The maximum atomic E-state index is 14.1. The minimum Gasteiger partial charge on any atom is -0.507 e. The number of rotatable bonds is 2. The average Bonchev–Trinajstić information content (AvgIpc) is 2.54. The molecule has 0 bridgehead atoms. The van der Waals surface area contributed by atoms with Gasteiger partial charge >= 0.3 is 0 Å². The number of piperazine rings is 1. The Morgan fingerprint density at radius 3 is 2.54 bits per heavy atom. The molecular formula is C18H18F2N2O2. The molecule has 4 nitrogen and oxygen atoms in total. The molecule has 1 amide bonds. The second-order valence-corrected chi connectivity index (χ2v) is 5.97. The summed E-state index contributed by atoms with van der Waals surface area (Å²) in [6.07, 6.45) is 0. The van der Waals surface area contributed by atoms with Gasteiger partial charge in [-0.15, -0.1) is 0 Å². The molecule has 2 aromatic carbocycles. The van der Waals surface area contributed by atoms with Gasteiger partial charge in [0.15, 0.2) is 0 Å². The molecule has 1 aliphatic rings. The van der Waals surface area contributed by atoms with Crippen molar-refractivity contribution in [2.75, 3.05) is 26.7 Å². The molecule has 0 radical (unpaired) electrons. The molecular weight excluding hydrogens is 314 g/mol. The average molecular weight is 332 g/mol. The van der Waals surface area contributed by atoms with Gasteiger partial charge in [-0.05, 0) is 12.6 Å². The topological polar surface area (TPSA) is 43.8 Å². The van der Waals surface area contributed by atoms with Crippen LogP contribution in [0.25, 0.3) is 0 Å². The van der Waals surface area contributed by atoms with Crippen LogP contribution in [0.4, 0.5) is 8.78 Å². The molecule has 3 rings (SSSR count). The van der Waals surface area contributed by atoms with Gasteiger partial charge in [-0.2, -0.15) is 0 Å². The first kappa shape index (κ1) is 16.4. The van der Waals surface area contributed by atoms with Crippen LogP contribution in [0.5, 0.6) is 5.75 Å². The summed E-state index contributed by atoms with van der Waals surface area (Å²) in [5.74, 6) is -3.28. The fourth-order valence-corrected chi connectivity index (χ4v) is 3.04. The highest BCUT2D eigenvalue weighted by atomic mass is 19.1. The van der Waals surface area contributed by atoms with E-state index in [1.165, 1.54) is 4.90 Å². The van der Waals surface area contributed by atoms with Crippen LogP contribution in [0.3, 0.4) is 0 Å². The van der Waals surface area contributed by atoms with E-state index in [1.807, 2.05) is 37.4 Å². The van der Waals surface area contributed by atoms with Crippen molar-refractivity contribution in [2.24, 2.45) is 0 Å². The number of phenolic OH excluding ortho intramolecular Hbond substituents is 1. The van der Waals surface area contributed by atoms with Crippen molar-refractivity contribution in [3.8, 4) is 5.75 Å². The van der Waals surface area contributed by atoms with Crippen LogP contribution in [0.2, 0.25) is 0 Å². The van der Waals surface area contributed by atoms with Gasteiger partial charge in [-0.1, -0.05) is 30.3 Å². The Hall–Kier alpha value is -2.47. The summed E-state index contributed by atoms with van der Waals surface area (Å²) in [5.41, 5.74) is 0.446. The molecule has 0 aliphatic carbocycles. The number of carbonyl (C=O) groups excluding carboxylic acids is 1. The maximum Gasteiger partial charge on any atom is 0.261 e. The highest BCUT2D eigenvalue weighted by Gasteiger charge is 2.33. The highest BCUT2D eigenvalue weighted by Crippen LogP contribution is 2.30. The predicted octanol–water partition coefficient (Wildman–Crippen LogP) is 2.80. The minimum absolute atomic E-state index is 0.263. The second-order valence-electron chi connectivity index (χ2n) is 5.97. The number of carbonyl (C=O) groups is 1. The van der Waals surface area contributed by atoms with Crippen LogP contribution in [0.1, 0.15) is 22.0 Å². The molecule has 1 unspecified atom stereocenters. The third-order valence-electron chi connectivity index (χ3n) is 4.28. The number of nitrogens with zero attached hydrogens (tertiary/aromatic N) is 2. The fraction of sp³-hybridized carbons (Fsp3) is 0.278. The molecule has 1 heterocycles. The minimum atomic E-state index is -1.05. The van der Waals surface area contributed by atoms with Crippen LogP contribution in [0.15, 0.2) is 42.5 Å². The summed E-state index contributed by atoms with van der Waals surface area (Å²) < 4.78 is 27.2. The molecule has 0 saturated carbocycles. The van der Waals surface area contributed by atoms with Gasteiger partial charge < -0.3 is 14.9 Å². The Bertz CT molecular complexity index is 729. The summed E-state index contributed by atoms with van der Waals surface area (Å²) in [6.45, 7) is 1.63. The van der Waals surface area contributed by atoms with E-state index in [9.17, 15) is 18.7 Å². The first-order valence-electron chi connectivity index (χ1n) is 7.70. The molecule has 1 atom stereocenters. The Balaban J connectivity index is 1.98. The lowest BCUT2D eigenvalue weighted by Crippen LogP contribution is -2.49. The van der Waals surface area contributed by atoms with E-state index in [0.717, 1.165) is 11.6 Å². The predicted molar refractivity (Wildman–Crippen MR) is 85.7 cm³/mol. The lowest BCUT2D eigenvalue weighted by molar-refractivity contribution is 0.0490. The molecule has 0 spiro atoms. The number of hydrogen-bond acceptors (Lipinski definition) is 3.